The van der Waals surface area contributed by atoms with Crippen molar-refractivity contribution >= 4 is 28.7 Å². The molecule has 0 bridgehead atoms. The Morgan fingerprint density at radius 3 is 2.85 bits per heavy atom. The summed E-state index contributed by atoms with van der Waals surface area (Å²) in [7, 11) is 0. The molecular weight excluding hydrogens is 297 g/mol. The van der Waals surface area contributed by atoms with Crippen LogP contribution >= 0.6 is 23.2 Å². The van der Waals surface area contributed by atoms with Gasteiger partial charge in [-0.15, -0.1) is 0 Å². The van der Waals surface area contributed by atoms with Crippen molar-refractivity contribution in [3.05, 3.63) is 64.2 Å². The predicted molar refractivity (Wildman–Crippen MR) is 78.6 cm³/mol. The minimum absolute atomic E-state index is 0.317. The van der Waals surface area contributed by atoms with E-state index in [1.54, 1.807) is 47.5 Å². The maximum atomic E-state index is 6.24. The van der Waals surface area contributed by atoms with Crippen molar-refractivity contribution < 1.29 is 0 Å². The van der Waals surface area contributed by atoms with Gasteiger partial charge in [-0.25, -0.2) is 9.94 Å². The lowest BCUT2D eigenvalue weighted by molar-refractivity contribution is 0.641. The molecule has 1 aromatic carbocycles. The quantitative estimate of drug-likeness (QED) is 0.576. The van der Waals surface area contributed by atoms with Gasteiger partial charge in [0.15, 0.2) is 0 Å². The summed E-state index contributed by atoms with van der Waals surface area (Å²) < 4.78 is 1.73. The maximum Gasteiger partial charge on any atom is 0.0896 e. The van der Waals surface area contributed by atoms with E-state index < -0.39 is 0 Å². The molecule has 0 radical (unpaired) electrons. The summed E-state index contributed by atoms with van der Waals surface area (Å²) in [4.78, 5) is 4.11. The first-order valence-electron chi connectivity index (χ1n) is 5.89. The van der Waals surface area contributed by atoms with Crippen LogP contribution in [0.15, 0.2) is 43.0 Å². The average Bonchev–Trinajstić information content (AvgIpc) is 2.88. The van der Waals surface area contributed by atoms with E-state index in [1.807, 2.05) is 0 Å². The number of aromatic nitrogens is 3. The number of hydrogen-bond acceptors (Lipinski definition) is 4. The van der Waals surface area contributed by atoms with E-state index in [9.17, 15) is 0 Å². The molecular formula is C13H11Cl2N5. The molecule has 2 heterocycles. The van der Waals surface area contributed by atoms with E-state index in [1.165, 1.54) is 0 Å². The number of nitrogens with zero attached hydrogens (tertiary/aromatic N) is 3. The monoisotopic (exact) mass is 307 g/mol. The van der Waals surface area contributed by atoms with Gasteiger partial charge in [-0.2, -0.15) is 5.10 Å². The summed E-state index contributed by atoms with van der Waals surface area (Å²) in [5.74, 6) is 5.70. The molecule has 0 aliphatic carbocycles. The molecule has 3 rings (SSSR count). The van der Waals surface area contributed by atoms with Crippen LogP contribution in [0.1, 0.15) is 17.2 Å². The number of halogens is 2. The van der Waals surface area contributed by atoms with E-state index in [2.05, 4.69) is 15.5 Å². The standard InChI is InChI=1S/C13H11Cl2N5/c14-8-1-2-11(15)9(5-8)13(19-16)10-6-18-20-4-3-17-7-12(10)20/h1-7,13,19H,16H2. The Morgan fingerprint density at radius 2 is 2.05 bits per heavy atom. The Labute approximate surface area is 125 Å². The third-order valence-electron chi connectivity index (χ3n) is 3.10. The van der Waals surface area contributed by atoms with Crippen LogP contribution in [-0.2, 0) is 0 Å². The van der Waals surface area contributed by atoms with Crippen molar-refractivity contribution in [2.75, 3.05) is 0 Å². The second-order valence-electron chi connectivity index (χ2n) is 4.27. The first kappa shape index (κ1) is 13.3. The van der Waals surface area contributed by atoms with Gasteiger partial charge in [0.05, 0.1) is 24.0 Å². The highest BCUT2D eigenvalue weighted by atomic mass is 35.5. The van der Waals surface area contributed by atoms with E-state index in [0.717, 1.165) is 16.6 Å². The second kappa shape index (κ2) is 5.38. The summed E-state index contributed by atoms with van der Waals surface area (Å²) in [6, 6.07) is 4.95. The Bertz CT molecular complexity index is 755. The molecule has 5 nitrogen and oxygen atoms in total. The summed E-state index contributed by atoms with van der Waals surface area (Å²) in [5.41, 5.74) is 5.28. The molecule has 0 amide bonds. The maximum absolute atomic E-state index is 6.24. The summed E-state index contributed by atoms with van der Waals surface area (Å²) >= 11 is 12.3. The number of rotatable bonds is 3. The Balaban J connectivity index is 2.16. The van der Waals surface area contributed by atoms with Gasteiger partial charge in [0.2, 0.25) is 0 Å². The average molecular weight is 308 g/mol. The molecule has 0 saturated heterocycles. The number of hydrazine groups is 1. The fourth-order valence-electron chi connectivity index (χ4n) is 2.16. The topological polar surface area (TPSA) is 68.2 Å². The van der Waals surface area contributed by atoms with E-state index in [0.29, 0.717) is 10.0 Å². The van der Waals surface area contributed by atoms with Gasteiger partial charge in [0, 0.05) is 28.0 Å². The van der Waals surface area contributed by atoms with Crippen molar-refractivity contribution in [2.45, 2.75) is 6.04 Å². The van der Waals surface area contributed by atoms with Gasteiger partial charge in [-0.1, -0.05) is 23.2 Å². The fourth-order valence-corrected chi connectivity index (χ4v) is 2.57. The molecule has 2 aromatic heterocycles. The van der Waals surface area contributed by atoms with Crippen LogP contribution in [0.5, 0.6) is 0 Å². The Kier molecular flexibility index (Phi) is 3.58. The SMILES string of the molecule is NNC(c1cc(Cl)ccc1Cl)c1cnn2ccncc12. The molecule has 3 N–H and O–H groups in total. The molecule has 0 saturated carbocycles. The second-order valence-corrected chi connectivity index (χ2v) is 5.12. The van der Waals surface area contributed by atoms with Crippen molar-refractivity contribution in [3.8, 4) is 0 Å². The number of fused-ring (bicyclic) bond motifs is 1. The third-order valence-corrected chi connectivity index (χ3v) is 3.68. The highest BCUT2D eigenvalue weighted by molar-refractivity contribution is 6.33. The lowest BCUT2D eigenvalue weighted by Crippen LogP contribution is -2.29. The number of nitrogens with two attached hydrogens (primary N) is 1. The van der Waals surface area contributed by atoms with Gasteiger partial charge in [0.25, 0.3) is 0 Å². The van der Waals surface area contributed by atoms with Crippen LogP contribution in [0.2, 0.25) is 10.0 Å². The van der Waals surface area contributed by atoms with Gasteiger partial charge in [0.1, 0.15) is 0 Å². The van der Waals surface area contributed by atoms with E-state index in [-0.39, 0.29) is 6.04 Å². The van der Waals surface area contributed by atoms with Gasteiger partial charge < -0.3 is 0 Å². The number of hydrogen-bond donors (Lipinski definition) is 2. The van der Waals surface area contributed by atoms with Gasteiger partial charge >= 0.3 is 0 Å². The largest absolute Gasteiger partial charge is 0.271 e. The zero-order chi connectivity index (χ0) is 14.1. The molecule has 102 valence electrons. The zero-order valence-corrected chi connectivity index (χ0v) is 11.8. The Morgan fingerprint density at radius 1 is 1.20 bits per heavy atom. The molecule has 3 aromatic rings. The predicted octanol–water partition coefficient (Wildman–Crippen LogP) is 2.59. The van der Waals surface area contributed by atoms with E-state index in [4.69, 9.17) is 29.0 Å². The molecule has 0 aliphatic rings. The van der Waals surface area contributed by atoms with Crippen molar-refractivity contribution in [1.82, 2.24) is 20.0 Å². The van der Waals surface area contributed by atoms with Crippen LogP contribution in [-0.4, -0.2) is 14.6 Å². The molecule has 0 aliphatic heterocycles. The minimum atomic E-state index is -0.317. The molecule has 0 fully saturated rings. The van der Waals surface area contributed by atoms with Gasteiger partial charge in [-0.05, 0) is 23.8 Å². The first-order chi connectivity index (χ1) is 9.70. The van der Waals surface area contributed by atoms with Crippen LogP contribution < -0.4 is 11.3 Å². The molecule has 0 spiro atoms. The van der Waals surface area contributed by atoms with Crippen LogP contribution in [0.3, 0.4) is 0 Å². The van der Waals surface area contributed by atoms with Crippen LogP contribution in [0, 0.1) is 0 Å². The van der Waals surface area contributed by atoms with Crippen molar-refractivity contribution in [1.29, 1.82) is 0 Å². The summed E-state index contributed by atoms with van der Waals surface area (Å²) in [5, 5.41) is 5.45. The Hall–Kier alpha value is -1.66. The fraction of sp³-hybridized carbons (Fsp3) is 0.0769. The lowest BCUT2D eigenvalue weighted by Gasteiger charge is -2.17. The molecule has 20 heavy (non-hydrogen) atoms. The highest BCUT2D eigenvalue weighted by Gasteiger charge is 2.20. The minimum Gasteiger partial charge on any atom is -0.271 e. The first-order valence-corrected chi connectivity index (χ1v) is 6.64. The van der Waals surface area contributed by atoms with Crippen LogP contribution in [0.25, 0.3) is 5.52 Å². The highest BCUT2D eigenvalue weighted by Crippen LogP contribution is 2.31. The molecule has 1 atom stereocenters. The summed E-state index contributed by atoms with van der Waals surface area (Å²) in [6.07, 6.45) is 6.90. The number of nitrogens with one attached hydrogen (secondary N) is 1. The molecule has 7 heteroatoms. The van der Waals surface area contributed by atoms with E-state index >= 15 is 0 Å². The normalized spacial score (nSPS) is 12.8. The zero-order valence-electron chi connectivity index (χ0n) is 10.3. The third kappa shape index (κ3) is 2.25. The summed E-state index contributed by atoms with van der Waals surface area (Å²) in [6.45, 7) is 0. The lowest BCUT2D eigenvalue weighted by atomic mass is 10.0. The van der Waals surface area contributed by atoms with Crippen molar-refractivity contribution in [3.63, 3.8) is 0 Å². The molecule has 1 unspecified atom stereocenters. The van der Waals surface area contributed by atoms with Gasteiger partial charge in [-0.3, -0.25) is 10.8 Å². The smallest absolute Gasteiger partial charge is 0.0896 e. The van der Waals surface area contributed by atoms with Crippen LogP contribution in [0.4, 0.5) is 0 Å². The number of benzene rings is 1. The van der Waals surface area contributed by atoms with Crippen molar-refractivity contribution in [2.24, 2.45) is 5.84 Å².